The van der Waals surface area contributed by atoms with Crippen LogP contribution in [-0.2, 0) is 16.1 Å². The lowest BCUT2D eigenvalue weighted by atomic mass is 10.2. The number of carbonyl (C=O) groups is 1. The van der Waals surface area contributed by atoms with E-state index in [9.17, 15) is 9.90 Å². The second-order valence-corrected chi connectivity index (χ2v) is 8.48. The average molecular weight is 399 g/mol. The smallest absolute Gasteiger partial charge is 0.214 e. The number of aromatic nitrogens is 2. The van der Waals surface area contributed by atoms with Gasteiger partial charge in [0.25, 0.3) is 0 Å². The molecule has 0 radical (unpaired) electrons. The van der Waals surface area contributed by atoms with Crippen LogP contribution in [0.5, 0.6) is 0 Å². The molecule has 0 bridgehead atoms. The third-order valence-corrected chi connectivity index (χ3v) is 6.79. The number of nitrogens with two attached hydrogens (primary N) is 1. The zero-order chi connectivity index (χ0) is 18.9. The molecule has 26 heavy (non-hydrogen) atoms. The fraction of sp³-hybridized carbons (Fsp3) is 0.588. The van der Waals surface area contributed by atoms with Gasteiger partial charge in [0.15, 0.2) is 0 Å². The SMILES string of the molecule is C/C(=C(/CCO)SSC[C@H]1CCCO1)N(C=O)Cc1cnc(C)nc1N. The summed E-state index contributed by atoms with van der Waals surface area (Å²) in [6.07, 6.45) is 5.43. The number of nitrogens with zero attached hydrogens (tertiary/aromatic N) is 3. The molecule has 2 heterocycles. The maximum Gasteiger partial charge on any atom is 0.214 e. The van der Waals surface area contributed by atoms with E-state index in [1.54, 1.807) is 39.6 Å². The molecule has 0 saturated carbocycles. The molecule has 1 amide bonds. The standard InChI is InChI=1S/C17H26N4O3S2/c1-12(16(5-6-22)26-25-10-15-4-3-7-24-15)21(11-23)9-14-8-19-13(2)20-17(14)18/h8,11,15,22H,3-7,9-10H2,1-2H3,(H2,18,19,20)/b16-12+/t15-/m1/s1. The summed E-state index contributed by atoms with van der Waals surface area (Å²) in [7, 11) is 3.29. The van der Waals surface area contributed by atoms with Crippen molar-refractivity contribution in [2.45, 2.75) is 45.8 Å². The van der Waals surface area contributed by atoms with Crippen LogP contribution in [0.25, 0.3) is 0 Å². The normalized spacial score (nSPS) is 17.9. The number of allylic oxidation sites excluding steroid dienone is 1. The van der Waals surface area contributed by atoms with Crippen LogP contribution in [0, 0.1) is 6.92 Å². The Labute approximate surface area is 162 Å². The van der Waals surface area contributed by atoms with Crippen LogP contribution in [0.4, 0.5) is 5.82 Å². The van der Waals surface area contributed by atoms with Crippen molar-refractivity contribution in [3.63, 3.8) is 0 Å². The molecule has 0 spiro atoms. The Morgan fingerprint density at radius 2 is 2.38 bits per heavy atom. The van der Waals surface area contributed by atoms with Gasteiger partial charge in [-0.05, 0) is 26.7 Å². The molecule has 1 fully saturated rings. The zero-order valence-corrected chi connectivity index (χ0v) is 16.8. The van der Waals surface area contributed by atoms with Gasteiger partial charge in [-0.1, -0.05) is 21.6 Å². The van der Waals surface area contributed by atoms with Gasteiger partial charge in [0, 0.05) is 47.7 Å². The van der Waals surface area contributed by atoms with Crippen molar-refractivity contribution in [2.24, 2.45) is 0 Å². The summed E-state index contributed by atoms with van der Waals surface area (Å²) >= 11 is 0. The summed E-state index contributed by atoms with van der Waals surface area (Å²) in [6.45, 7) is 4.82. The van der Waals surface area contributed by atoms with Gasteiger partial charge >= 0.3 is 0 Å². The minimum atomic E-state index is 0.0304. The first kappa shape index (κ1) is 21.0. The molecule has 0 aromatic carbocycles. The summed E-state index contributed by atoms with van der Waals surface area (Å²) in [5.41, 5.74) is 7.44. The van der Waals surface area contributed by atoms with Gasteiger partial charge in [0.05, 0.1) is 12.6 Å². The number of ether oxygens (including phenoxy) is 1. The van der Waals surface area contributed by atoms with Crippen molar-refractivity contribution in [2.75, 3.05) is 24.7 Å². The molecular weight excluding hydrogens is 372 g/mol. The predicted molar refractivity (Wildman–Crippen MR) is 106 cm³/mol. The highest BCUT2D eigenvalue weighted by atomic mass is 33.1. The lowest BCUT2D eigenvalue weighted by molar-refractivity contribution is -0.116. The lowest BCUT2D eigenvalue weighted by Crippen LogP contribution is -2.22. The number of aliphatic hydroxyl groups is 1. The van der Waals surface area contributed by atoms with Crippen molar-refractivity contribution in [3.8, 4) is 0 Å². The van der Waals surface area contributed by atoms with E-state index in [0.29, 0.717) is 36.3 Å². The second kappa shape index (κ2) is 10.8. The Bertz CT molecular complexity index is 636. The van der Waals surface area contributed by atoms with Crippen LogP contribution >= 0.6 is 21.6 Å². The fourth-order valence-electron chi connectivity index (χ4n) is 2.55. The summed E-state index contributed by atoms with van der Waals surface area (Å²) in [6, 6.07) is 0. The monoisotopic (exact) mass is 398 g/mol. The average Bonchev–Trinajstić information content (AvgIpc) is 3.13. The van der Waals surface area contributed by atoms with Gasteiger partial charge in [-0.15, -0.1) is 0 Å². The lowest BCUT2D eigenvalue weighted by Gasteiger charge is -2.22. The maximum atomic E-state index is 11.6. The first-order valence-electron chi connectivity index (χ1n) is 8.56. The Morgan fingerprint density at radius 3 is 3.00 bits per heavy atom. The van der Waals surface area contributed by atoms with E-state index in [2.05, 4.69) is 9.97 Å². The summed E-state index contributed by atoms with van der Waals surface area (Å²) in [4.78, 5) is 22.5. The fourth-order valence-corrected chi connectivity index (χ4v) is 5.29. The van der Waals surface area contributed by atoms with Crippen LogP contribution in [0.15, 0.2) is 16.8 Å². The molecule has 3 N–H and O–H groups in total. The van der Waals surface area contributed by atoms with Crippen LogP contribution in [0.2, 0.25) is 0 Å². The third-order valence-electron chi connectivity index (χ3n) is 4.10. The zero-order valence-electron chi connectivity index (χ0n) is 15.2. The number of hydrogen-bond acceptors (Lipinski definition) is 8. The first-order chi connectivity index (χ1) is 12.5. The molecule has 9 heteroatoms. The molecule has 7 nitrogen and oxygen atoms in total. The third kappa shape index (κ3) is 6.15. The number of anilines is 1. The van der Waals surface area contributed by atoms with Crippen molar-refractivity contribution in [1.29, 1.82) is 0 Å². The van der Waals surface area contributed by atoms with E-state index in [1.807, 2.05) is 6.92 Å². The molecule has 0 unspecified atom stereocenters. The first-order valence-corrected chi connectivity index (χ1v) is 10.9. The molecule has 1 aliphatic rings. The second-order valence-electron chi connectivity index (χ2n) is 6.05. The number of hydrogen-bond donors (Lipinski definition) is 2. The van der Waals surface area contributed by atoms with Crippen LogP contribution < -0.4 is 5.73 Å². The molecule has 144 valence electrons. The highest BCUT2D eigenvalue weighted by molar-refractivity contribution is 8.78. The molecule has 2 rings (SSSR count). The van der Waals surface area contributed by atoms with E-state index < -0.39 is 0 Å². The molecule has 0 aliphatic carbocycles. The van der Waals surface area contributed by atoms with Gasteiger partial charge in [-0.25, -0.2) is 9.97 Å². The Balaban J connectivity index is 2.05. The van der Waals surface area contributed by atoms with Crippen molar-refractivity contribution >= 4 is 33.8 Å². The van der Waals surface area contributed by atoms with Gasteiger partial charge in [0.1, 0.15) is 11.6 Å². The number of rotatable bonds is 10. The minimum absolute atomic E-state index is 0.0304. The van der Waals surface area contributed by atoms with Crippen LogP contribution in [-0.4, -0.2) is 51.5 Å². The molecule has 1 aliphatic heterocycles. The predicted octanol–water partition coefficient (Wildman–Crippen LogP) is 2.50. The highest BCUT2D eigenvalue weighted by Crippen LogP contribution is 2.37. The van der Waals surface area contributed by atoms with Gasteiger partial charge in [-0.3, -0.25) is 4.79 Å². The Kier molecular flexibility index (Phi) is 8.70. The van der Waals surface area contributed by atoms with E-state index in [-0.39, 0.29) is 6.61 Å². The number of amides is 1. The quantitative estimate of drug-likeness (QED) is 0.458. The van der Waals surface area contributed by atoms with Gasteiger partial charge < -0.3 is 20.5 Å². The Hall–Kier alpha value is -1.29. The van der Waals surface area contributed by atoms with Gasteiger partial charge in [-0.2, -0.15) is 0 Å². The molecule has 1 aromatic heterocycles. The minimum Gasteiger partial charge on any atom is -0.396 e. The van der Waals surface area contributed by atoms with Crippen LogP contribution in [0.3, 0.4) is 0 Å². The van der Waals surface area contributed by atoms with E-state index in [1.165, 1.54) is 0 Å². The highest BCUT2D eigenvalue weighted by Gasteiger charge is 2.18. The summed E-state index contributed by atoms with van der Waals surface area (Å²) in [5, 5.41) is 9.39. The van der Waals surface area contributed by atoms with Crippen molar-refractivity contribution in [3.05, 3.63) is 28.2 Å². The van der Waals surface area contributed by atoms with E-state index in [4.69, 9.17) is 10.5 Å². The maximum absolute atomic E-state index is 11.6. The van der Waals surface area contributed by atoms with Crippen LogP contribution in [0.1, 0.15) is 37.6 Å². The molecular formula is C17H26N4O3S2. The number of aryl methyl sites for hydroxylation is 1. The number of aliphatic hydroxyl groups excluding tert-OH is 1. The van der Waals surface area contributed by atoms with E-state index in [0.717, 1.165) is 42.2 Å². The van der Waals surface area contributed by atoms with E-state index >= 15 is 0 Å². The van der Waals surface area contributed by atoms with Gasteiger partial charge in [0.2, 0.25) is 6.41 Å². The Morgan fingerprint density at radius 1 is 1.58 bits per heavy atom. The summed E-state index contributed by atoms with van der Waals surface area (Å²) < 4.78 is 5.63. The number of carbonyl (C=O) groups excluding carboxylic acids is 1. The molecule has 1 saturated heterocycles. The summed E-state index contributed by atoms with van der Waals surface area (Å²) in [5.74, 6) is 1.87. The topological polar surface area (TPSA) is 102 Å². The number of nitrogen functional groups attached to an aromatic ring is 1. The largest absolute Gasteiger partial charge is 0.396 e. The van der Waals surface area contributed by atoms with Crippen molar-refractivity contribution < 1.29 is 14.6 Å². The molecule has 1 atom stereocenters. The molecule has 1 aromatic rings. The van der Waals surface area contributed by atoms with Crippen molar-refractivity contribution in [1.82, 2.24) is 14.9 Å².